The maximum atomic E-state index is 12.7. The third kappa shape index (κ3) is 5.12. The lowest BCUT2D eigenvalue weighted by molar-refractivity contribution is -0.143. The van der Waals surface area contributed by atoms with Crippen molar-refractivity contribution in [3.63, 3.8) is 0 Å². The minimum atomic E-state index is -3.60. The molecule has 4 rings (SSSR count). The van der Waals surface area contributed by atoms with Crippen LogP contribution in [0, 0.1) is 11.8 Å². The number of hydrazine groups is 1. The first-order valence-electron chi connectivity index (χ1n) is 10.8. The lowest BCUT2D eigenvalue weighted by atomic mass is 9.85. The van der Waals surface area contributed by atoms with E-state index < -0.39 is 34.3 Å². The summed E-state index contributed by atoms with van der Waals surface area (Å²) in [6, 6.07) is 6.04. The number of sulfonamides is 1. The zero-order valence-corrected chi connectivity index (χ0v) is 19.9. The third-order valence-electron chi connectivity index (χ3n) is 5.94. The highest BCUT2D eigenvalue weighted by molar-refractivity contribution is 7.89. The lowest BCUT2D eigenvalue weighted by Crippen LogP contribution is -2.49. The molecule has 182 valence electrons. The van der Waals surface area contributed by atoms with Gasteiger partial charge in [-0.25, -0.2) is 8.42 Å². The van der Waals surface area contributed by atoms with Crippen LogP contribution in [0.25, 0.3) is 0 Å². The molecule has 11 nitrogen and oxygen atoms in total. The Morgan fingerprint density at radius 3 is 2.18 bits per heavy atom. The number of benzene rings is 1. The molecule has 0 spiro atoms. The van der Waals surface area contributed by atoms with Crippen molar-refractivity contribution in [2.45, 2.75) is 17.7 Å². The van der Waals surface area contributed by atoms with Gasteiger partial charge in [0.05, 0.1) is 29.9 Å². The van der Waals surface area contributed by atoms with E-state index in [9.17, 15) is 22.8 Å². The average molecular weight is 508 g/mol. The van der Waals surface area contributed by atoms with Crippen LogP contribution in [0.4, 0.5) is 5.69 Å². The van der Waals surface area contributed by atoms with Gasteiger partial charge in [-0.3, -0.25) is 30.1 Å². The van der Waals surface area contributed by atoms with Gasteiger partial charge in [-0.15, -0.1) is 0 Å². The highest BCUT2D eigenvalue weighted by atomic mass is 32.2. The molecule has 2 saturated heterocycles. The zero-order valence-electron chi connectivity index (χ0n) is 18.2. The maximum absolute atomic E-state index is 12.7. The summed E-state index contributed by atoms with van der Waals surface area (Å²) >= 11 is 5.14. The van der Waals surface area contributed by atoms with Gasteiger partial charge < -0.3 is 10.1 Å². The first-order valence-corrected chi connectivity index (χ1v) is 12.7. The van der Waals surface area contributed by atoms with Gasteiger partial charge in [0.15, 0.2) is 5.11 Å². The zero-order chi connectivity index (χ0) is 24.3. The summed E-state index contributed by atoms with van der Waals surface area (Å²) in [6.45, 7) is 0.950. The van der Waals surface area contributed by atoms with Crippen LogP contribution in [0.1, 0.15) is 12.8 Å². The van der Waals surface area contributed by atoms with E-state index in [4.69, 9.17) is 17.0 Å². The van der Waals surface area contributed by atoms with Crippen LogP contribution < -0.4 is 16.2 Å². The van der Waals surface area contributed by atoms with Crippen molar-refractivity contribution in [2.75, 3.05) is 38.2 Å². The summed E-state index contributed by atoms with van der Waals surface area (Å²) < 4.78 is 31.9. The molecule has 1 aromatic rings. The first-order chi connectivity index (χ1) is 16.3. The van der Waals surface area contributed by atoms with Crippen molar-refractivity contribution in [1.82, 2.24) is 20.1 Å². The molecule has 1 aliphatic carbocycles. The number of anilines is 1. The number of hydrogen-bond acceptors (Lipinski definition) is 7. The number of carbonyl (C=O) groups is 3. The lowest BCUT2D eigenvalue weighted by Gasteiger charge is -2.26. The number of nitrogens with zero attached hydrogens (tertiary/aromatic N) is 2. The molecule has 0 aromatic heterocycles. The fourth-order valence-corrected chi connectivity index (χ4v) is 5.72. The fraction of sp³-hybridized carbons (Fsp3) is 0.429. The van der Waals surface area contributed by atoms with Gasteiger partial charge in [0.25, 0.3) is 5.91 Å². The van der Waals surface area contributed by atoms with Gasteiger partial charge in [-0.2, -0.15) is 4.31 Å². The van der Waals surface area contributed by atoms with Gasteiger partial charge in [0, 0.05) is 18.8 Å². The normalized spacial score (nSPS) is 22.9. The van der Waals surface area contributed by atoms with E-state index in [1.54, 1.807) is 12.1 Å². The minimum Gasteiger partial charge on any atom is -0.379 e. The Morgan fingerprint density at radius 2 is 1.59 bits per heavy atom. The number of nitrogens with one attached hydrogen (secondary N) is 3. The molecule has 0 radical (unpaired) electrons. The van der Waals surface area contributed by atoms with E-state index in [1.165, 1.54) is 16.4 Å². The summed E-state index contributed by atoms with van der Waals surface area (Å²) in [5, 5.41) is 2.88. The summed E-state index contributed by atoms with van der Waals surface area (Å²) in [7, 11) is -3.60. The first kappa shape index (κ1) is 24.3. The quantitative estimate of drug-likeness (QED) is 0.217. The Hall–Kier alpha value is -2.87. The van der Waals surface area contributed by atoms with Gasteiger partial charge >= 0.3 is 0 Å². The number of likely N-dealkylation sites (tertiary alicyclic amines) is 1. The van der Waals surface area contributed by atoms with Crippen molar-refractivity contribution >= 4 is 50.8 Å². The van der Waals surface area contributed by atoms with E-state index in [-0.39, 0.29) is 21.8 Å². The van der Waals surface area contributed by atoms with E-state index in [2.05, 4.69) is 16.2 Å². The molecule has 0 saturated carbocycles. The van der Waals surface area contributed by atoms with Crippen molar-refractivity contribution < 1.29 is 27.5 Å². The average Bonchev–Trinajstić information content (AvgIpc) is 3.08. The highest BCUT2D eigenvalue weighted by Crippen LogP contribution is 2.34. The maximum Gasteiger partial charge on any atom is 0.258 e. The molecule has 3 N–H and O–H groups in total. The predicted octanol–water partition coefficient (Wildman–Crippen LogP) is -0.0237. The molecular weight excluding hydrogens is 482 g/mol. The van der Waals surface area contributed by atoms with Crippen LogP contribution in [-0.4, -0.2) is 73.3 Å². The second-order valence-corrected chi connectivity index (χ2v) is 10.4. The monoisotopic (exact) mass is 507 g/mol. The van der Waals surface area contributed by atoms with E-state index in [0.29, 0.717) is 44.8 Å². The van der Waals surface area contributed by atoms with Crippen molar-refractivity contribution in [3.05, 3.63) is 36.4 Å². The van der Waals surface area contributed by atoms with E-state index in [1.807, 2.05) is 12.2 Å². The number of fused-ring (bicyclic) bond motifs is 1. The predicted molar refractivity (Wildman–Crippen MR) is 126 cm³/mol. The summed E-state index contributed by atoms with van der Waals surface area (Å²) in [4.78, 5) is 38.3. The second kappa shape index (κ2) is 10.2. The Balaban J connectivity index is 1.26. The number of amides is 3. The van der Waals surface area contributed by atoms with Crippen molar-refractivity contribution in [3.8, 4) is 0 Å². The van der Waals surface area contributed by atoms with Gasteiger partial charge in [0.2, 0.25) is 21.8 Å². The Morgan fingerprint density at radius 1 is 1.00 bits per heavy atom. The molecule has 34 heavy (non-hydrogen) atoms. The molecular formula is C21H25N5O6S2. The van der Waals surface area contributed by atoms with Crippen LogP contribution in [0.15, 0.2) is 41.3 Å². The van der Waals surface area contributed by atoms with Crippen LogP contribution in [0.3, 0.4) is 0 Å². The fourth-order valence-electron chi connectivity index (χ4n) is 4.14. The number of carbonyl (C=O) groups excluding carboxylic acids is 3. The molecule has 0 bridgehead atoms. The number of imide groups is 1. The molecule has 2 atom stereocenters. The smallest absolute Gasteiger partial charge is 0.258 e. The summed E-state index contributed by atoms with van der Waals surface area (Å²) in [5.41, 5.74) is 5.38. The van der Waals surface area contributed by atoms with Crippen LogP contribution in [0.2, 0.25) is 0 Å². The number of morpholine rings is 1. The third-order valence-corrected chi connectivity index (χ3v) is 8.05. The van der Waals surface area contributed by atoms with Crippen molar-refractivity contribution in [1.29, 1.82) is 0 Å². The highest BCUT2D eigenvalue weighted by Gasteiger charge is 2.47. The van der Waals surface area contributed by atoms with Crippen LogP contribution >= 0.6 is 12.2 Å². The number of rotatable bonds is 5. The Labute approximate surface area is 202 Å². The van der Waals surface area contributed by atoms with E-state index >= 15 is 0 Å². The number of ether oxygens (including phenoxy) is 1. The summed E-state index contributed by atoms with van der Waals surface area (Å²) in [5.74, 6) is -2.04. The molecule has 2 heterocycles. The molecule has 3 aliphatic rings. The molecule has 3 amide bonds. The minimum absolute atomic E-state index is 0.0501. The SMILES string of the molecule is O=C(CN1C(=O)[C@@H]2CC=CC[C@H]2C1=O)NNC(=S)Nc1ccc(S(=O)(=O)N2CCOCC2)cc1. The standard InChI is InChI=1S/C21H25N5O6S2/c27-18(13-26-19(28)16-3-1-2-4-17(16)20(26)29)23-24-21(33)22-14-5-7-15(8-6-14)34(30,31)25-9-11-32-12-10-25/h1-2,5-8,16-17H,3-4,9-13H2,(H,23,27)(H2,22,24,33)/t16-,17-/m1/s1. The molecule has 0 unspecified atom stereocenters. The van der Waals surface area contributed by atoms with E-state index in [0.717, 1.165) is 4.90 Å². The molecule has 13 heteroatoms. The number of hydrogen-bond donors (Lipinski definition) is 3. The largest absolute Gasteiger partial charge is 0.379 e. The number of thiocarbonyl (C=S) groups is 1. The van der Waals surface area contributed by atoms with Gasteiger partial charge in [0.1, 0.15) is 6.54 Å². The topological polar surface area (TPSA) is 137 Å². The summed E-state index contributed by atoms with van der Waals surface area (Å²) in [6.07, 6.45) is 4.77. The molecule has 1 aromatic carbocycles. The molecule has 2 fully saturated rings. The van der Waals surface area contributed by atoms with Gasteiger partial charge in [-0.1, -0.05) is 12.2 Å². The Kier molecular flexibility index (Phi) is 7.26. The Bertz CT molecular complexity index is 1090. The second-order valence-electron chi connectivity index (χ2n) is 8.09. The number of allylic oxidation sites excluding steroid dienone is 2. The van der Waals surface area contributed by atoms with Crippen molar-refractivity contribution in [2.24, 2.45) is 11.8 Å². The van der Waals surface area contributed by atoms with Crippen LogP contribution in [-0.2, 0) is 29.1 Å². The van der Waals surface area contributed by atoms with Gasteiger partial charge in [-0.05, 0) is 49.3 Å². The van der Waals surface area contributed by atoms with Crippen LogP contribution in [0.5, 0.6) is 0 Å². The molecule has 2 aliphatic heterocycles.